The van der Waals surface area contributed by atoms with Crippen molar-refractivity contribution >= 4 is 0 Å². The Balaban J connectivity index is 3.34. The average Bonchev–Trinajstić information content (AvgIpc) is 2.32. The Morgan fingerprint density at radius 1 is 0.824 bits per heavy atom. The lowest BCUT2D eigenvalue weighted by atomic mass is 9.81. The molecule has 0 radical (unpaired) electrons. The topological polar surface area (TPSA) is 20.2 Å². The van der Waals surface area contributed by atoms with Crippen LogP contribution < -0.4 is 0 Å². The van der Waals surface area contributed by atoms with Crippen molar-refractivity contribution in [1.29, 1.82) is 0 Å². The van der Waals surface area contributed by atoms with Gasteiger partial charge >= 0.3 is 0 Å². The second-order valence-electron chi connectivity index (χ2n) is 6.12. The second-order valence-corrected chi connectivity index (χ2v) is 6.12. The van der Waals surface area contributed by atoms with Crippen LogP contribution in [0.1, 0.15) is 91.9 Å². The third kappa shape index (κ3) is 8.65. The van der Waals surface area contributed by atoms with Crippen LogP contribution in [0.2, 0.25) is 0 Å². The van der Waals surface area contributed by atoms with Gasteiger partial charge in [-0.05, 0) is 18.3 Å². The van der Waals surface area contributed by atoms with Crippen molar-refractivity contribution in [3.05, 3.63) is 0 Å². The van der Waals surface area contributed by atoms with Crippen molar-refractivity contribution in [2.24, 2.45) is 5.41 Å². The highest BCUT2D eigenvalue weighted by atomic mass is 16.3. The minimum Gasteiger partial charge on any atom is -0.393 e. The van der Waals surface area contributed by atoms with Crippen LogP contribution >= 0.6 is 0 Å². The molecule has 1 heteroatoms. The summed E-state index contributed by atoms with van der Waals surface area (Å²) in [5, 5.41) is 10.0. The molecule has 0 aliphatic carbocycles. The van der Waals surface area contributed by atoms with E-state index in [4.69, 9.17) is 0 Å². The number of rotatable bonds is 11. The Labute approximate surface area is 109 Å². The van der Waals surface area contributed by atoms with E-state index in [2.05, 4.69) is 27.7 Å². The molecular weight excluding hydrogens is 208 g/mol. The van der Waals surface area contributed by atoms with Crippen molar-refractivity contribution in [3.8, 4) is 0 Å². The summed E-state index contributed by atoms with van der Waals surface area (Å²) in [6.07, 6.45) is 12.7. The molecule has 1 N–H and O–H groups in total. The van der Waals surface area contributed by atoms with E-state index in [0.717, 1.165) is 12.8 Å². The van der Waals surface area contributed by atoms with E-state index in [9.17, 15) is 5.11 Å². The lowest BCUT2D eigenvalue weighted by Gasteiger charge is -2.29. The molecule has 17 heavy (non-hydrogen) atoms. The van der Waals surface area contributed by atoms with Crippen molar-refractivity contribution in [2.45, 2.75) is 98.0 Å². The van der Waals surface area contributed by atoms with Crippen LogP contribution in [0.3, 0.4) is 0 Å². The maximum atomic E-state index is 10.0. The van der Waals surface area contributed by atoms with Gasteiger partial charge in [0.1, 0.15) is 0 Å². The number of hydrogen-bond acceptors (Lipinski definition) is 1. The number of unbranched alkanes of at least 4 members (excludes halogenated alkanes) is 7. The lowest BCUT2D eigenvalue weighted by molar-refractivity contribution is 0.0384. The summed E-state index contributed by atoms with van der Waals surface area (Å²) >= 11 is 0. The van der Waals surface area contributed by atoms with Gasteiger partial charge in [0.25, 0.3) is 0 Å². The summed E-state index contributed by atoms with van der Waals surface area (Å²) in [7, 11) is 0. The molecule has 0 amide bonds. The molecule has 0 spiro atoms. The fourth-order valence-corrected chi connectivity index (χ4v) is 2.10. The van der Waals surface area contributed by atoms with E-state index < -0.39 is 0 Å². The molecule has 0 heterocycles. The van der Waals surface area contributed by atoms with Crippen LogP contribution in [-0.4, -0.2) is 11.2 Å². The zero-order chi connectivity index (χ0) is 13.1. The molecule has 1 nitrogen and oxygen atoms in total. The largest absolute Gasteiger partial charge is 0.393 e. The van der Waals surface area contributed by atoms with Crippen molar-refractivity contribution in [1.82, 2.24) is 0 Å². The van der Waals surface area contributed by atoms with E-state index in [0.29, 0.717) is 0 Å². The minimum absolute atomic E-state index is 0.0983. The van der Waals surface area contributed by atoms with E-state index in [1.54, 1.807) is 0 Å². The first kappa shape index (κ1) is 17.0. The average molecular weight is 242 g/mol. The highest BCUT2D eigenvalue weighted by molar-refractivity contribution is 4.75. The SMILES string of the molecule is CCCCCCCCCCC(O)C(C)(C)CC. The number of aliphatic hydroxyl groups is 1. The summed E-state index contributed by atoms with van der Waals surface area (Å²) in [6.45, 7) is 8.76. The van der Waals surface area contributed by atoms with Crippen LogP contribution in [-0.2, 0) is 0 Å². The second kappa shape index (κ2) is 9.94. The minimum atomic E-state index is -0.118. The highest BCUT2D eigenvalue weighted by Crippen LogP contribution is 2.28. The van der Waals surface area contributed by atoms with Gasteiger partial charge in [-0.1, -0.05) is 79.1 Å². The van der Waals surface area contributed by atoms with Gasteiger partial charge < -0.3 is 5.11 Å². The first-order chi connectivity index (χ1) is 8.04. The Bertz CT molecular complexity index is 163. The quantitative estimate of drug-likeness (QED) is 0.486. The van der Waals surface area contributed by atoms with Crippen LogP contribution in [0.25, 0.3) is 0 Å². The van der Waals surface area contributed by atoms with Gasteiger partial charge in [0.2, 0.25) is 0 Å². The Hall–Kier alpha value is -0.0400. The maximum Gasteiger partial charge on any atom is 0.0591 e. The zero-order valence-electron chi connectivity index (χ0n) is 12.6. The van der Waals surface area contributed by atoms with Crippen LogP contribution in [0, 0.1) is 5.41 Å². The molecule has 1 atom stereocenters. The van der Waals surface area contributed by atoms with E-state index in [1.807, 2.05) is 0 Å². The van der Waals surface area contributed by atoms with Crippen molar-refractivity contribution in [3.63, 3.8) is 0 Å². The summed E-state index contributed by atoms with van der Waals surface area (Å²) in [5.74, 6) is 0. The molecular formula is C16H34O. The standard InChI is InChI=1S/C16H34O/c1-5-7-8-9-10-11-12-13-14-15(17)16(3,4)6-2/h15,17H,5-14H2,1-4H3. The zero-order valence-corrected chi connectivity index (χ0v) is 12.6. The Morgan fingerprint density at radius 3 is 1.76 bits per heavy atom. The first-order valence-corrected chi connectivity index (χ1v) is 7.72. The van der Waals surface area contributed by atoms with Crippen molar-refractivity contribution in [2.75, 3.05) is 0 Å². The molecule has 0 aromatic rings. The summed E-state index contributed by atoms with van der Waals surface area (Å²) < 4.78 is 0. The van der Waals surface area contributed by atoms with Gasteiger partial charge in [-0.25, -0.2) is 0 Å². The first-order valence-electron chi connectivity index (χ1n) is 7.72. The number of hydrogen-bond donors (Lipinski definition) is 1. The summed E-state index contributed by atoms with van der Waals surface area (Å²) in [5.41, 5.74) is 0.0983. The molecule has 104 valence electrons. The summed E-state index contributed by atoms with van der Waals surface area (Å²) in [6, 6.07) is 0. The molecule has 0 aromatic heterocycles. The third-order valence-corrected chi connectivity index (χ3v) is 4.14. The highest BCUT2D eigenvalue weighted by Gasteiger charge is 2.24. The molecule has 0 rings (SSSR count). The van der Waals surface area contributed by atoms with Gasteiger partial charge in [0.05, 0.1) is 6.10 Å². The predicted octanol–water partition coefficient (Wildman–Crippen LogP) is 5.31. The lowest BCUT2D eigenvalue weighted by Crippen LogP contribution is -2.28. The van der Waals surface area contributed by atoms with Gasteiger partial charge in [-0.15, -0.1) is 0 Å². The van der Waals surface area contributed by atoms with Crippen LogP contribution in [0.5, 0.6) is 0 Å². The normalized spacial score (nSPS) is 13.9. The molecule has 0 saturated carbocycles. The fourth-order valence-electron chi connectivity index (χ4n) is 2.10. The molecule has 0 bridgehead atoms. The maximum absolute atomic E-state index is 10.0. The summed E-state index contributed by atoms with van der Waals surface area (Å²) in [4.78, 5) is 0. The molecule has 0 aliphatic heterocycles. The van der Waals surface area contributed by atoms with E-state index in [1.165, 1.54) is 51.4 Å². The van der Waals surface area contributed by atoms with Crippen LogP contribution in [0.15, 0.2) is 0 Å². The van der Waals surface area contributed by atoms with Crippen molar-refractivity contribution < 1.29 is 5.11 Å². The van der Waals surface area contributed by atoms with Gasteiger partial charge in [-0.3, -0.25) is 0 Å². The van der Waals surface area contributed by atoms with E-state index in [-0.39, 0.29) is 11.5 Å². The fraction of sp³-hybridized carbons (Fsp3) is 1.00. The number of aliphatic hydroxyl groups excluding tert-OH is 1. The smallest absolute Gasteiger partial charge is 0.0591 e. The van der Waals surface area contributed by atoms with E-state index >= 15 is 0 Å². The van der Waals surface area contributed by atoms with Crippen LogP contribution in [0.4, 0.5) is 0 Å². The predicted molar refractivity (Wildman–Crippen MR) is 77.3 cm³/mol. The molecule has 0 saturated heterocycles. The molecule has 0 fully saturated rings. The third-order valence-electron chi connectivity index (χ3n) is 4.14. The van der Waals surface area contributed by atoms with Gasteiger partial charge in [0, 0.05) is 0 Å². The Morgan fingerprint density at radius 2 is 1.29 bits per heavy atom. The molecule has 0 aliphatic rings. The van der Waals surface area contributed by atoms with Gasteiger partial charge in [0.15, 0.2) is 0 Å². The molecule has 0 aromatic carbocycles. The Kier molecular flexibility index (Phi) is 9.91. The molecule has 1 unspecified atom stereocenters. The monoisotopic (exact) mass is 242 g/mol. The van der Waals surface area contributed by atoms with Gasteiger partial charge in [-0.2, -0.15) is 0 Å².